The van der Waals surface area contributed by atoms with Gasteiger partial charge in [0.15, 0.2) is 11.7 Å². The Hall–Kier alpha value is -3.65. The highest BCUT2D eigenvalue weighted by atomic mass is 32.1. The first-order valence-corrected chi connectivity index (χ1v) is 10.7. The summed E-state index contributed by atoms with van der Waals surface area (Å²) in [5.74, 6) is 0.470. The maximum absolute atomic E-state index is 12.3. The molecule has 0 aliphatic heterocycles. The van der Waals surface area contributed by atoms with E-state index in [0.717, 1.165) is 23.6 Å². The third kappa shape index (κ3) is 6.68. The molecule has 0 heterocycles. The Balaban J connectivity index is 1.42. The van der Waals surface area contributed by atoms with Gasteiger partial charge in [0.25, 0.3) is 11.8 Å². The molecule has 0 saturated heterocycles. The van der Waals surface area contributed by atoms with Crippen LogP contribution in [0.25, 0.3) is 10.8 Å². The minimum Gasteiger partial charge on any atom is -0.494 e. The van der Waals surface area contributed by atoms with Gasteiger partial charge < -0.3 is 9.47 Å². The van der Waals surface area contributed by atoms with Gasteiger partial charge in [-0.1, -0.05) is 49.7 Å². The Kier molecular flexibility index (Phi) is 8.39. The Morgan fingerprint density at radius 1 is 0.906 bits per heavy atom. The van der Waals surface area contributed by atoms with Crippen molar-refractivity contribution in [3.8, 4) is 11.5 Å². The molecule has 0 spiro atoms. The molecule has 3 aromatic rings. The molecule has 8 heteroatoms. The van der Waals surface area contributed by atoms with E-state index in [1.54, 1.807) is 30.3 Å². The summed E-state index contributed by atoms with van der Waals surface area (Å²) in [5.41, 5.74) is 5.32. The smallest absolute Gasteiger partial charge is 0.276 e. The van der Waals surface area contributed by atoms with Gasteiger partial charge in [-0.05, 0) is 54.4 Å². The van der Waals surface area contributed by atoms with Crippen LogP contribution in [-0.4, -0.2) is 30.1 Å². The lowest BCUT2D eigenvalue weighted by molar-refractivity contribution is -0.123. The number of ether oxygens (including phenoxy) is 2. The second kappa shape index (κ2) is 11.7. The summed E-state index contributed by atoms with van der Waals surface area (Å²) in [6.07, 6.45) is 2.03. The van der Waals surface area contributed by atoms with Gasteiger partial charge in [0.1, 0.15) is 11.5 Å². The number of thiocarbonyl (C=S) groups is 1. The quantitative estimate of drug-likeness (QED) is 0.275. The first-order valence-electron chi connectivity index (χ1n) is 10.3. The second-order valence-electron chi connectivity index (χ2n) is 6.95. The molecule has 32 heavy (non-hydrogen) atoms. The topological polar surface area (TPSA) is 88.7 Å². The summed E-state index contributed by atoms with van der Waals surface area (Å²) in [6, 6.07) is 20.1. The zero-order valence-corrected chi connectivity index (χ0v) is 18.5. The van der Waals surface area contributed by atoms with Crippen LogP contribution >= 0.6 is 12.2 Å². The van der Waals surface area contributed by atoms with Crippen molar-refractivity contribution in [3.05, 3.63) is 72.3 Å². The van der Waals surface area contributed by atoms with Crippen molar-refractivity contribution in [2.24, 2.45) is 0 Å². The van der Waals surface area contributed by atoms with Gasteiger partial charge in [0.05, 0.1) is 6.61 Å². The Morgan fingerprint density at radius 2 is 1.66 bits per heavy atom. The molecule has 3 N–H and O–H groups in total. The molecule has 0 atom stereocenters. The van der Waals surface area contributed by atoms with Crippen LogP contribution in [0, 0.1) is 0 Å². The molecule has 0 saturated carbocycles. The molecule has 166 valence electrons. The van der Waals surface area contributed by atoms with Gasteiger partial charge >= 0.3 is 0 Å². The lowest BCUT2D eigenvalue weighted by atomic mass is 10.1. The van der Waals surface area contributed by atoms with Crippen LogP contribution in [0.2, 0.25) is 0 Å². The summed E-state index contributed by atoms with van der Waals surface area (Å²) < 4.78 is 11.2. The number of hydrogen-bond acceptors (Lipinski definition) is 5. The Labute approximate surface area is 192 Å². The van der Waals surface area contributed by atoms with Crippen molar-refractivity contribution in [1.29, 1.82) is 0 Å². The van der Waals surface area contributed by atoms with Gasteiger partial charge in [-0.3, -0.25) is 25.8 Å². The van der Waals surface area contributed by atoms with E-state index >= 15 is 0 Å². The highest BCUT2D eigenvalue weighted by Crippen LogP contribution is 2.24. The number of fused-ring (bicyclic) bond motifs is 1. The zero-order chi connectivity index (χ0) is 22.8. The molecule has 0 fully saturated rings. The molecule has 0 aromatic heterocycles. The molecular weight excluding hydrogens is 426 g/mol. The molecule has 0 unspecified atom stereocenters. The molecule has 3 rings (SSSR count). The average molecular weight is 452 g/mol. The molecule has 0 aliphatic carbocycles. The van der Waals surface area contributed by atoms with E-state index < -0.39 is 11.8 Å². The fourth-order valence-electron chi connectivity index (χ4n) is 2.87. The summed E-state index contributed by atoms with van der Waals surface area (Å²) in [4.78, 5) is 24.4. The average Bonchev–Trinajstić information content (AvgIpc) is 2.82. The monoisotopic (exact) mass is 451 g/mol. The van der Waals surface area contributed by atoms with Crippen molar-refractivity contribution in [1.82, 2.24) is 16.2 Å². The van der Waals surface area contributed by atoms with Gasteiger partial charge in [-0.25, -0.2) is 0 Å². The van der Waals surface area contributed by atoms with Gasteiger partial charge in [-0.15, -0.1) is 0 Å². The van der Waals surface area contributed by atoms with E-state index in [-0.39, 0.29) is 11.7 Å². The number of unbranched alkanes of at least 4 members (excludes halogenated alkanes) is 1. The fourth-order valence-corrected chi connectivity index (χ4v) is 3.01. The Bertz CT molecular complexity index is 1080. The number of hydrogen-bond donors (Lipinski definition) is 3. The standard InChI is InChI=1S/C24H25N3O4S/c1-2-3-15-30-19-13-11-18(12-14-19)23(29)25-24(32)27-26-22(28)16-31-21-10-6-8-17-7-4-5-9-20(17)21/h4-14H,2-3,15-16H2,1H3,(H,26,28)(H2,25,27,29,32). The normalized spacial score (nSPS) is 10.3. The van der Waals surface area contributed by atoms with Crippen LogP contribution in [0.5, 0.6) is 11.5 Å². The van der Waals surface area contributed by atoms with E-state index in [4.69, 9.17) is 21.7 Å². The fraction of sp³-hybridized carbons (Fsp3) is 0.208. The number of hydrazine groups is 1. The molecule has 2 amide bonds. The number of carbonyl (C=O) groups is 2. The maximum Gasteiger partial charge on any atom is 0.276 e. The predicted octanol–water partition coefficient (Wildman–Crippen LogP) is 3.73. The summed E-state index contributed by atoms with van der Waals surface area (Å²) >= 11 is 5.06. The van der Waals surface area contributed by atoms with E-state index in [9.17, 15) is 9.59 Å². The van der Waals surface area contributed by atoms with Gasteiger partial charge in [0, 0.05) is 10.9 Å². The lowest BCUT2D eigenvalue weighted by Gasteiger charge is -2.12. The van der Waals surface area contributed by atoms with Crippen molar-refractivity contribution < 1.29 is 19.1 Å². The van der Waals surface area contributed by atoms with E-state index in [1.165, 1.54) is 0 Å². The number of benzene rings is 3. The molecule has 7 nitrogen and oxygen atoms in total. The molecule has 0 aliphatic rings. The van der Waals surface area contributed by atoms with Crippen LogP contribution in [-0.2, 0) is 4.79 Å². The zero-order valence-electron chi connectivity index (χ0n) is 17.7. The van der Waals surface area contributed by atoms with Crippen molar-refractivity contribution in [3.63, 3.8) is 0 Å². The van der Waals surface area contributed by atoms with Crippen LogP contribution in [0.3, 0.4) is 0 Å². The number of carbonyl (C=O) groups excluding carboxylic acids is 2. The first kappa shape index (κ1) is 23.0. The van der Waals surface area contributed by atoms with Crippen LogP contribution in [0.4, 0.5) is 0 Å². The summed E-state index contributed by atoms with van der Waals surface area (Å²) in [6.45, 7) is 2.52. The maximum atomic E-state index is 12.3. The minimum absolute atomic E-state index is 0.0308. The minimum atomic E-state index is -0.442. The first-order chi connectivity index (χ1) is 15.6. The van der Waals surface area contributed by atoms with Crippen molar-refractivity contribution in [2.45, 2.75) is 19.8 Å². The third-order valence-corrected chi connectivity index (χ3v) is 4.74. The summed E-state index contributed by atoms with van der Waals surface area (Å²) in [7, 11) is 0. The molecular formula is C24H25N3O4S. The number of rotatable bonds is 8. The van der Waals surface area contributed by atoms with Gasteiger partial charge in [-0.2, -0.15) is 0 Å². The Morgan fingerprint density at radius 3 is 2.44 bits per heavy atom. The largest absolute Gasteiger partial charge is 0.494 e. The van der Waals surface area contributed by atoms with Crippen LogP contribution in [0.1, 0.15) is 30.1 Å². The van der Waals surface area contributed by atoms with Crippen molar-refractivity contribution in [2.75, 3.05) is 13.2 Å². The third-order valence-electron chi connectivity index (χ3n) is 4.53. The van der Waals surface area contributed by atoms with E-state index in [1.807, 2.05) is 36.4 Å². The van der Waals surface area contributed by atoms with E-state index in [2.05, 4.69) is 23.1 Å². The summed E-state index contributed by atoms with van der Waals surface area (Å²) in [5, 5.41) is 4.41. The highest BCUT2D eigenvalue weighted by molar-refractivity contribution is 7.80. The van der Waals surface area contributed by atoms with Crippen molar-refractivity contribution >= 4 is 39.9 Å². The molecule has 0 bridgehead atoms. The van der Waals surface area contributed by atoms with Gasteiger partial charge in [0.2, 0.25) is 0 Å². The molecule has 0 radical (unpaired) electrons. The molecule has 3 aromatic carbocycles. The lowest BCUT2D eigenvalue weighted by Crippen LogP contribution is -2.49. The number of nitrogens with one attached hydrogen (secondary N) is 3. The van der Waals surface area contributed by atoms with Crippen LogP contribution in [0.15, 0.2) is 66.7 Å². The second-order valence-corrected chi connectivity index (χ2v) is 7.36. The highest BCUT2D eigenvalue weighted by Gasteiger charge is 2.10. The number of amides is 2. The van der Waals surface area contributed by atoms with E-state index in [0.29, 0.717) is 23.7 Å². The van der Waals surface area contributed by atoms with Crippen LogP contribution < -0.4 is 25.6 Å². The predicted molar refractivity (Wildman–Crippen MR) is 128 cm³/mol. The SMILES string of the molecule is CCCCOc1ccc(C(=O)NC(=S)NNC(=O)COc2cccc3ccccc23)cc1.